The van der Waals surface area contributed by atoms with Crippen molar-refractivity contribution >= 4 is 17.7 Å². The van der Waals surface area contributed by atoms with Crippen LogP contribution in [0.4, 0.5) is 8.78 Å². The first-order valence-corrected chi connectivity index (χ1v) is 6.52. The van der Waals surface area contributed by atoms with Gasteiger partial charge in [-0.15, -0.1) is 11.8 Å². The van der Waals surface area contributed by atoms with Crippen molar-refractivity contribution in [3.8, 4) is 0 Å². The van der Waals surface area contributed by atoms with E-state index in [4.69, 9.17) is 5.73 Å². The lowest BCUT2D eigenvalue weighted by Crippen LogP contribution is -2.46. The van der Waals surface area contributed by atoms with Crippen molar-refractivity contribution < 1.29 is 13.6 Å². The van der Waals surface area contributed by atoms with Crippen LogP contribution >= 0.6 is 11.8 Å². The van der Waals surface area contributed by atoms with Gasteiger partial charge in [0, 0.05) is 16.7 Å². The van der Waals surface area contributed by atoms with E-state index in [1.807, 2.05) is 13.8 Å². The summed E-state index contributed by atoms with van der Waals surface area (Å²) < 4.78 is 25.7. The van der Waals surface area contributed by atoms with E-state index in [1.165, 1.54) is 17.8 Å². The van der Waals surface area contributed by atoms with Crippen LogP contribution in [0, 0.1) is 11.6 Å². The number of carbonyl (C=O) groups excluding carboxylic acids is 1. The lowest BCUT2D eigenvalue weighted by molar-refractivity contribution is -0.119. The molecule has 0 aliphatic carbocycles. The summed E-state index contributed by atoms with van der Waals surface area (Å²) >= 11 is 1.25. The number of hydrogen-bond donors (Lipinski definition) is 2. The zero-order chi connectivity index (χ0) is 13.7. The largest absolute Gasteiger partial charge is 0.368 e. The first-order valence-electron chi connectivity index (χ1n) is 5.53. The van der Waals surface area contributed by atoms with E-state index < -0.39 is 23.6 Å². The number of primary amides is 1. The molecule has 0 aliphatic heterocycles. The number of amides is 1. The number of nitrogens with two attached hydrogens (primary N) is 1. The third-order valence-electron chi connectivity index (χ3n) is 2.19. The predicted molar refractivity (Wildman–Crippen MR) is 68.3 cm³/mol. The summed E-state index contributed by atoms with van der Waals surface area (Å²) in [5.41, 5.74) is 5.25. The molecule has 1 unspecified atom stereocenters. The predicted octanol–water partition coefficient (Wildman–Crippen LogP) is 1.91. The van der Waals surface area contributed by atoms with Crippen LogP contribution in [0.2, 0.25) is 0 Å². The van der Waals surface area contributed by atoms with E-state index in [0.29, 0.717) is 10.6 Å². The second-order valence-electron chi connectivity index (χ2n) is 4.16. The molecule has 0 spiro atoms. The summed E-state index contributed by atoms with van der Waals surface area (Å²) in [6.07, 6.45) is 0. The molecule has 1 rings (SSSR count). The fourth-order valence-corrected chi connectivity index (χ4v) is 2.33. The Morgan fingerprint density at radius 2 is 2.06 bits per heavy atom. The highest BCUT2D eigenvalue weighted by Gasteiger charge is 2.16. The Balaban J connectivity index is 2.61. The molecule has 6 heteroatoms. The normalized spacial score (nSPS) is 12.7. The van der Waals surface area contributed by atoms with Crippen molar-refractivity contribution in [1.82, 2.24) is 5.32 Å². The molecule has 0 saturated heterocycles. The Morgan fingerprint density at radius 1 is 1.39 bits per heavy atom. The molecule has 0 aromatic heterocycles. The monoisotopic (exact) mass is 274 g/mol. The van der Waals surface area contributed by atoms with Gasteiger partial charge in [0.1, 0.15) is 0 Å². The van der Waals surface area contributed by atoms with Crippen molar-refractivity contribution in [2.24, 2.45) is 5.73 Å². The summed E-state index contributed by atoms with van der Waals surface area (Å²) in [4.78, 5) is 11.8. The Morgan fingerprint density at radius 3 is 2.56 bits per heavy atom. The van der Waals surface area contributed by atoms with Gasteiger partial charge in [0.2, 0.25) is 5.91 Å². The van der Waals surface area contributed by atoms with Gasteiger partial charge in [-0.1, -0.05) is 13.8 Å². The summed E-state index contributed by atoms with van der Waals surface area (Å²) in [6.45, 7) is 3.80. The van der Waals surface area contributed by atoms with Crippen molar-refractivity contribution in [1.29, 1.82) is 0 Å². The van der Waals surface area contributed by atoms with E-state index in [9.17, 15) is 13.6 Å². The molecule has 18 heavy (non-hydrogen) atoms. The zero-order valence-electron chi connectivity index (χ0n) is 10.2. The van der Waals surface area contributed by atoms with Gasteiger partial charge in [-0.2, -0.15) is 0 Å². The van der Waals surface area contributed by atoms with Gasteiger partial charge in [0.25, 0.3) is 0 Å². The van der Waals surface area contributed by atoms with E-state index in [1.54, 1.807) is 0 Å². The molecule has 3 nitrogen and oxygen atoms in total. The molecule has 3 N–H and O–H groups in total. The molecular formula is C12H16F2N2OS. The number of rotatable bonds is 6. The van der Waals surface area contributed by atoms with Crippen LogP contribution in [0.15, 0.2) is 23.1 Å². The molecule has 1 amide bonds. The Kier molecular flexibility index (Phi) is 5.55. The smallest absolute Gasteiger partial charge is 0.235 e. The second-order valence-corrected chi connectivity index (χ2v) is 5.26. The highest BCUT2D eigenvalue weighted by atomic mass is 32.2. The molecular weight excluding hydrogens is 258 g/mol. The number of thioether (sulfide) groups is 1. The maximum atomic E-state index is 13.0. The van der Waals surface area contributed by atoms with Crippen LogP contribution in [-0.2, 0) is 4.79 Å². The maximum absolute atomic E-state index is 13.0. The molecule has 0 radical (unpaired) electrons. The Bertz CT molecular complexity index is 427. The number of benzene rings is 1. The fraction of sp³-hybridized carbons (Fsp3) is 0.417. The average Bonchev–Trinajstić information content (AvgIpc) is 2.28. The van der Waals surface area contributed by atoms with Gasteiger partial charge in [0.15, 0.2) is 11.6 Å². The van der Waals surface area contributed by atoms with Crippen molar-refractivity contribution in [3.05, 3.63) is 29.8 Å². The van der Waals surface area contributed by atoms with Crippen molar-refractivity contribution in [3.63, 3.8) is 0 Å². The quantitative estimate of drug-likeness (QED) is 0.779. The molecule has 0 heterocycles. The van der Waals surface area contributed by atoms with E-state index in [-0.39, 0.29) is 6.04 Å². The third-order valence-corrected chi connectivity index (χ3v) is 3.27. The first-order chi connectivity index (χ1) is 8.40. The topological polar surface area (TPSA) is 55.1 Å². The van der Waals surface area contributed by atoms with Gasteiger partial charge in [0.05, 0.1) is 6.04 Å². The van der Waals surface area contributed by atoms with Crippen LogP contribution in [-0.4, -0.2) is 23.7 Å². The molecule has 1 atom stereocenters. The molecule has 0 saturated carbocycles. The van der Waals surface area contributed by atoms with Gasteiger partial charge >= 0.3 is 0 Å². The first kappa shape index (κ1) is 14.9. The highest BCUT2D eigenvalue weighted by molar-refractivity contribution is 7.99. The fourth-order valence-electron chi connectivity index (χ4n) is 1.36. The van der Waals surface area contributed by atoms with Crippen molar-refractivity contribution in [2.45, 2.75) is 30.8 Å². The van der Waals surface area contributed by atoms with Crippen LogP contribution in [0.5, 0.6) is 0 Å². The molecule has 1 aromatic rings. The lowest BCUT2D eigenvalue weighted by Gasteiger charge is -2.17. The average molecular weight is 274 g/mol. The van der Waals surface area contributed by atoms with Crippen LogP contribution in [0.25, 0.3) is 0 Å². The SMILES string of the molecule is CC(C)NC(CSc1ccc(F)c(F)c1)C(N)=O. The third kappa shape index (κ3) is 4.62. The number of halogens is 2. The maximum Gasteiger partial charge on any atom is 0.235 e. The standard InChI is InChI=1S/C12H16F2N2OS/c1-7(2)16-11(12(15)17)6-18-8-3-4-9(13)10(14)5-8/h3-5,7,11,16H,6H2,1-2H3,(H2,15,17). The molecule has 0 bridgehead atoms. The van der Waals surface area contributed by atoms with Gasteiger partial charge < -0.3 is 11.1 Å². The summed E-state index contributed by atoms with van der Waals surface area (Å²) in [5.74, 6) is -1.86. The summed E-state index contributed by atoms with van der Waals surface area (Å²) in [7, 11) is 0. The van der Waals surface area contributed by atoms with Gasteiger partial charge in [-0.25, -0.2) is 8.78 Å². The Labute approximate surface area is 109 Å². The van der Waals surface area contributed by atoms with Crippen LogP contribution < -0.4 is 11.1 Å². The summed E-state index contributed by atoms with van der Waals surface area (Å²) in [6, 6.07) is 3.26. The minimum atomic E-state index is -0.896. The van der Waals surface area contributed by atoms with E-state index in [0.717, 1.165) is 12.1 Å². The van der Waals surface area contributed by atoms with E-state index in [2.05, 4.69) is 5.32 Å². The molecule has 100 valence electrons. The Hall–Kier alpha value is -1.14. The number of hydrogen-bond acceptors (Lipinski definition) is 3. The number of nitrogens with one attached hydrogen (secondary N) is 1. The molecule has 0 fully saturated rings. The molecule has 0 aliphatic rings. The van der Waals surface area contributed by atoms with Crippen LogP contribution in [0.1, 0.15) is 13.8 Å². The minimum absolute atomic E-state index is 0.119. The van der Waals surface area contributed by atoms with Crippen molar-refractivity contribution in [2.75, 3.05) is 5.75 Å². The second kappa shape index (κ2) is 6.70. The highest BCUT2D eigenvalue weighted by Crippen LogP contribution is 2.21. The molecule has 1 aromatic carbocycles. The lowest BCUT2D eigenvalue weighted by atomic mass is 10.3. The van der Waals surface area contributed by atoms with Gasteiger partial charge in [-0.3, -0.25) is 4.79 Å². The van der Waals surface area contributed by atoms with E-state index >= 15 is 0 Å². The summed E-state index contributed by atoms with van der Waals surface area (Å²) in [5, 5.41) is 3.01. The number of carbonyl (C=O) groups is 1. The minimum Gasteiger partial charge on any atom is -0.368 e. The van der Waals surface area contributed by atoms with Gasteiger partial charge in [-0.05, 0) is 18.2 Å². The van der Waals surface area contributed by atoms with Crippen LogP contribution in [0.3, 0.4) is 0 Å². The zero-order valence-corrected chi connectivity index (χ0v) is 11.1.